The number of carbonyl (C=O) groups is 4. The van der Waals surface area contributed by atoms with Crippen molar-refractivity contribution in [2.45, 2.75) is 31.9 Å². The summed E-state index contributed by atoms with van der Waals surface area (Å²) in [5.41, 5.74) is 0. The highest BCUT2D eigenvalue weighted by Gasteiger charge is 2.19. The third-order valence-corrected chi connectivity index (χ3v) is 2.90. The van der Waals surface area contributed by atoms with Crippen LogP contribution >= 0.6 is 11.8 Å². The minimum atomic E-state index is -0.722. The van der Waals surface area contributed by atoms with Gasteiger partial charge in [0.2, 0.25) is 6.79 Å². The molecule has 0 aromatic rings. The molecule has 8 heteroatoms. The van der Waals surface area contributed by atoms with Gasteiger partial charge >= 0.3 is 17.2 Å². The Bertz CT molecular complexity index is 353. The van der Waals surface area contributed by atoms with Gasteiger partial charge in [0, 0.05) is 13.3 Å². The third kappa shape index (κ3) is 9.06. The Labute approximate surface area is 114 Å². The number of hydrogen-bond acceptors (Lipinski definition) is 8. The molecular formula is C11H16O7S. The first-order valence-electron chi connectivity index (χ1n) is 5.43. The van der Waals surface area contributed by atoms with Gasteiger partial charge < -0.3 is 14.2 Å². The van der Waals surface area contributed by atoms with E-state index < -0.39 is 29.3 Å². The maximum atomic E-state index is 11.6. The first-order chi connectivity index (χ1) is 8.86. The second-order valence-corrected chi connectivity index (χ2v) is 4.73. The lowest BCUT2D eigenvalue weighted by atomic mass is 10.2. The molecule has 0 heterocycles. The van der Waals surface area contributed by atoms with Gasteiger partial charge in [-0.25, -0.2) is 4.79 Å². The molecule has 0 aromatic heterocycles. The highest BCUT2D eigenvalue weighted by Crippen LogP contribution is 2.16. The van der Waals surface area contributed by atoms with E-state index >= 15 is 0 Å². The largest absolute Gasteiger partial charge is 0.469 e. The predicted octanol–water partition coefficient (Wildman–Crippen LogP) is 1.29. The number of carbonyl (C=O) groups excluding carboxylic acids is 4. The number of ketones is 1. The van der Waals surface area contributed by atoms with E-state index in [1.165, 1.54) is 21.0 Å². The van der Waals surface area contributed by atoms with E-state index in [0.29, 0.717) is 11.8 Å². The number of methoxy groups -OCH3 is 1. The Morgan fingerprint density at radius 1 is 1.11 bits per heavy atom. The summed E-state index contributed by atoms with van der Waals surface area (Å²) < 4.78 is 13.4. The van der Waals surface area contributed by atoms with Crippen molar-refractivity contribution in [1.82, 2.24) is 0 Å². The van der Waals surface area contributed by atoms with E-state index in [1.807, 2.05) is 0 Å². The maximum absolute atomic E-state index is 11.6. The Balaban J connectivity index is 3.91. The summed E-state index contributed by atoms with van der Waals surface area (Å²) in [6, 6.07) is 0. The van der Waals surface area contributed by atoms with Crippen LogP contribution in [0.5, 0.6) is 0 Å². The molecule has 7 nitrogen and oxygen atoms in total. The standard InChI is InChI=1S/C11H16O7S/c1-7(9(13)4-5-10(14)16-3)19-11(15)18-6-17-8(2)12/h7H,4-6H2,1-3H3. The van der Waals surface area contributed by atoms with E-state index in [2.05, 4.69) is 14.2 Å². The molecule has 0 radical (unpaired) electrons. The Kier molecular flexibility index (Phi) is 8.60. The molecule has 0 aliphatic heterocycles. The summed E-state index contributed by atoms with van der Waals surface area (Å²) in [4.78, 5) is 44.1. The lowest BCUT2D eigenvalue weighted by molar-refractivity contribution is -0.148. The number of Topliss-reactive ketones (excluding diaryl/α,β-unsaturated/α-hetero) is 1. The van der Waals surface area contributed by atoms with Gasteiger partial charge in [0.25, 0.3) is 0 Å². The zero-order valence-corrected chi connectivity index (χ0v) is 11.8. The molecule has 0 fully saturated rings. The van der Waals surface area contributed by atoms with Crippen molar-refractivity contribution in [3.05, 3.63) is 0 Å². The summed E-state index contributed by atoms with van der Waals surface area (Å²) in [6.07, 6.45) is -0.0270. The number of esters is 2. The first kappa shape index (κ1) is 17.4. The molecular weight excluding hydrogens is 276 g/mol. The van der Waals surface area contributed by atoms with Crippen LogP contribution in [0.1, 0.15) is 26.7 Å². The fourth-order valence-corrected chi connectivity index (χ4v) is 1.59. The fourth-order valence-electron chi connectivity index (χ4n) is 0.935. The van der Waals surface area contributed by atoms with Crippen LogP contribution < -0.4 is 0 Å². The van der Waals surface area contributed by atoms with E-state index in [0.717, 1.165) is 0 Å². The summed E-state index contributed by atoms with van der Waals surface area (Å²) >= 11 is 0.665. The molecule has 0 bridgehead atoms. The maximum Gasteiger partial charge on any atom is 0.370 e. The lowest BCUT2D eigenvalue weighted by Gasteiger charge is -2.09. The second-order valence-electron chi connectivity index (χ2n) is 3.45. The number of hydrogen-bond donors (Lipinski definition) is 0. The SMILES string of the molecule is COC(=O)CCC(=O)C(C)SC(=O)OCOC(C)=O. The molecule has 0 saturated heterocycles. The topological polar surface area (TPSA) is 96.0 Å². The van der Waals surface area contributed by atoms with Gasteiger partial charge in [0.05, 0.1) is 18.8 Å². The van der Waals surface area contributed by atoms with Crippen LogP contribution in [0.2, 0.25) is 0 Å². The first-order valence-corrected chi connectivity index (χ1v) is 6.31. The van der Waals surface area contributed by atoms with Gasteiger partial charge in [-0.3, -0.25) is 14.4 Å². The molecule has 0 amide bonds. The van der Waals surface area contributed by atoms with Crippen molar-refractivity contribution in [2.24, 2.45) is 0 Å². The molecule has 0 N–H and O–H groups in total. The summed E-state index contributed by atoms with van der Waals surface area (Å²) in [7, 11) is 1.23. The molecule has 108 valence electrons. The molecule has 1 atom stereocenters. The van der Waals surface area contributed by atoms with Gasteiger partial charge in [0.1, 0.15) is 5.78 Å². The fraction of sp³-hybridized carbons (Fsp3) is 0.636. The average molecular weight is 292 g/mol. The van der Waals surface area contributed by atoms with Crippen LogP contribution in [0.25, 0.3) is 0 Å². The average Bonchev–Trinajstić information content (AvgIpc) is 2.34. The molecule has 0 aliphatic rings. The van der Waals surface area contributed by atoms with Crippen LogP contribution in [-0.2, 0) is 28.6 Å². The number of ether oxygens (including phenoxy) is 3. The van der Waals surface area contributed by atoms with Gasteiger partial charge in [-0.15, -0.1) is 0 Å². The van der Waals surface area contributed by atoms with Crippen molar-refractivity contribution in [2.75, 3.05) is 13.9 Å². The van der Waals surface area contributed by atoms with E-state index in [-0.39, 0.29) is 18.6 Å². The monoisotopic (exact) mass is 292 g/mol. The highest BCUT2D eigenvalue weighted by molar-refractivity contribution is 8.14. The predicted molar refractivity (Wildman–Crippen MR) is 66.4 cm³/mol. The van der Waals surface area contributed by atoms with E-state index in [1.54, 1.807) is 0 Å². The molecule has 0 spiro atoms. The zero-order valence-electron chi connectivity index (χ0n) is 11.0. The highest BCUT2D eigenvalue weighted by atomic mass is 32.2. The Hall–Kier alpha value is -1.57. The molecule has 0 saturated carbocycles. The van der Waals surface area contributed by atoms with Gasteiger partial charge in [-0.1, -0.05) is 0 Å². The molecule has 0 aliphatic carbocycles. The van der Waals surface area contributed by atoms with E-state index in [4.69, 9.17) is 0 Å². The van der Waals surface area contributed by atoms with Gasteiger partial charge in [-0.05, 0) is 18.7 Å². The second kappa shape index (κ2) is 9.37. The molecule has 0 rings (SSSR count). The molecule has 0 aromatic carbocycles. The summed E-state index contributed by atoms with van der Waals surface area (Å²) in [6.45, 7) is 2.22. The van der Waals surface area contributed by atoms with Crippen molar-refractivity contribution in [3.63, 3.8) is 0 Å². The van der Waals surface area contributed by atoms with Crippen molar-refractivity contribution in [3.8, 4) is 0 Å². The number of thioether (sulfide) groups is 1. The van der Waals surface area contributed by atoms with Crippen LogP contribution in [0.15, 0.2) is 0 Å². The lowest BCUT2D eigenvalue weighted by Crippen LogP contribution is -2.18. The summed E-state index contributed by atoms with van der Waals surface area (Å²) in [5, 5.41) is -1.37. The zero-order chi connectivity index (χ0) is 14.8. The van der Waals surface area contributed by atoms with Crippen molar-refractivity contribution in [1.29, 1.82) is 0 Å². The molecule has 19 heavy (non-hydrogen) atoms. The third-order valence-electron chi connectivity index (χ3n) is 1.97. The Morgan fingerprint density at radius 2 is 1.74 bits per heavy atom. The van der Waals surface area contributed by atoms with Gasteiger partial charge in [-0.2, -0.15) is 0 Å². The normalized spacial score (nSPS) is 11.3. The van der Waals surface area contributed by atoms with Gasteiger partial charge in [0.15, 0.2) is 0 Å². The van der Waals surface area contributed by atoms with Crippen molar-refractivity contribution >= 4 is 34.8 Å². The van der Waals surface area contributed by atoms with Crippen LogP contribution in [0.3, 0.4) is 0 Å². The minimum absolute atomic E-state index is 0.00192. The van der Waals surface area contributed by atoms with Crippen molar-refractivity contribution < 1.29 is 33.4 Å². The quantitative estimate of drug-likeness (QED) is 0.511. The van der Waals surface area contributed by atoms with Crippen LogP contribution in [0.4, 0.5) is 4.79 Å². The van der Waals surface area contributed by atoms with Crippen LogP contribution in [-0.4, -0.2) is 42.2 Å². The van der Waals surface area contributed by atoms with Crippen LogP contribution in [0, 0.1) is 0 Å². The Morgan fingerprint density at radius 3 is 2.26 bits per heavy atom. The minimum Gasteiger partial charge on any atom is -0.469 e. The summed E-state index contributed by atoms with van der Waals surface area (Å²) in [5.74, 6) is -1.32. The smallest absolute Gasteiger partial charge is 0.370 e. The molecule has 1 unspecified atom stereocenters. The van der Waals surface area contributed by atoms with E-state index in [9.17, 15) is 19.2 Å². The number of rotatable bonds is 7.